The van der Waals surface area contributed by atoms with Gasteiger partial charge in [-0.05, 0) is 19.4 Å². The smallest absolute Gasteiger partial charge is 0.127 e. The molecule has 0 aliphatic heterocycles. The molecule has 0 radical (unpaired) electrons. The summed E-state index contributed by atoms with van der Waals surface area (Å²) in [6, 6.07) is 10.1. The minimum absolute atomic E-state index is 0.0465. The van der Waals surface area contributed by atoms with E-state index in [1.165, 1.54) is 0 Å². The first-order valence-corrected chi connectivity index (χ1v) is 6.04. The van der Waals surface area contributed by atoms with E-state index in [1.54, 1.807) is 4.68 Å². The van der Waals surface area contributed by atoms with E-state index in [0.29, 0.717) is 12.4 Å². The van der Waals surface area contributed by atoms with Crippen LogP contribution in [0.15, 0.2) is 30.3 Å². The molecule has 1 aromatic carbocycles. The van der Waals surface area contributed by atoms with Gasteiger partial charge in [-0.15, -0.1) is 0 Å². The highest BCUT2D eigenvalue weighted by Gasteiger charge is 2.12. The Balaban J connectivity index is 2.04. The number of aromatic nitrogens is 2. The molecule has 0 bridgehead atoms. The highest BCUT2D eigenvalue weighted by molar-refractivity contribution is 5.42. The monoisotopic (exact) mass is 245 g/mol. The molecule has 2 N–H and O–H groups in total. The molecular weight excluding hydrogens is 226 g/mol. The van der Waals surface area contributed by atoms with E-state index in [9.17, 15) is 0 Å². The van der Waals surface area contributed by atoms with Crippen LogP contribution in [0.5, 0.6) is 0 Å². The van der Waals surface area contributed by atoms with Gasteiger partial charge in [-0.3, -0.25) is 4.68 Å². The molecule has 2 rings (SSSR count). The second-order valence-corrected chi connectivity index (χ2v) is 4.44. The first kappa shape index (κ1) is 12.6. The highest BCUT2D eigenvalue weighted by Crippen LogP contribution is 2.22. The Hall–Kier alpha value is -1.81. The topological polar surface area (TPSA) is 53.1 Å². The predicted octanol–water partition coefficient (Wildman–Crippen LogP) is 2.59. The summed E-state index contributed by atoms with van der Waals surface area (Å²) in [4.78, 5) is 0. The van der Waals surface area contributed by atoms with Crippen LogP contribution in [-0.4, -0.2) is 9.78 Å². The molecule has 1 aromatic heterocycles. The number of ether oxygens (including phenoxy) is 1. The summed E-state index contributed by atoms with van der Waals surface area (Å²) in [6.45, 7) is 4.47. The third kappa shape index (κ3) is 2.54. The van der Waals surface area contributed by atoms with Crippen LogP contribution in [-0.2, 0) is 18.4 Å². The lowest BCUT2D eigenvalue weighted by Gasteiger charge is -2.13. The zero-order valence-electron chi connectivity index (χ0n) is 11.1. The zero-order valence-corrected chi connectivity index (χ0v) is 11.1. The highest BCUT2D eigenvalue weighted by atomic mass is 16.5. The number of rotatable bonds is 4. The van der Waals surface area contributed by atoms with E-state index in [4.69, 9.17) is 10.5 Å². The van der Waals surface area contributed by atoms with Gasteiger partial charge in [0.05, 0.1) is 18.4 Å². The van der Waals surface area contributed by atoms with Crippen molar-refractivity contribution in [3.05, 3.63) is 47.2 Å². The molecule has 2 aromatic rings. The first-order chi connectivity index (χ1) is 8.59. The summed E-state index contributed by atoms with van der Waals surface area (Å²) in [6.07, 6.45) is 0.0465. The lowest BCUT2D eigenvalue weighted by molar-refractivity contribution is 0.0526. The number of nitrogen functional groups attached to an aromatic ring is 1. The van der Waals surface area contributed by atoms with Crippen LogP contribution < -0.4 is 5.73 Å². The Labute approximate surface area is 107 Å². The SMILES string of the molecule is Cc1nn(C)c(N)c1COC(C)c1ccccc1. The normalized spacial score (nSPS) is 12.6. The third-order valence-corrected chi connectivity index (χ3v) is 3.14. The summed E-state index contributed by atoms with van der Waals surface area (Å²) in [7, 11) is 1.84. The van der Waals surface area contributed by atoms with E-state index in [-0.39, 0.29) is 6.10 Å². The maximum Gasteiger partial charge on any atom is 0.127 e. The third-order valence-electron chi connectivity index (χ3n) is 3.14. The molecule has 0 saturated heterocycles. The number of nitrogens with two attached hydrogens (primary N) is 1. The van der Waals surface area contributed by atoms with Crippen LogP contribution in [0.2, 0.25) is 0 Å². The van der Waals surface area contributed by atoms with Gasteiger partial charge >= 0.3 is 0 Å². The van der Waals surface area contributed by atoms with Crippen molar-refractivity contribution in [3.63, 3.8) is 0 Å². The van der Waals surface area contributed by atoms with Crippen molar-refractivity contribution in [2.45, 2.75) is 26.6 Å². The van der Waals surface area contributed by atoms with Gasteiger partial charge in [-0.1, -0.05) is 30.3 Å². The number of hydrogen-bond acceptors (Lipinski definition) is 3. The maximum atomic E-state index is 5.95. The Morgan fingerprint density at radius 3 is 2.56 bits per heavy atom. The minimum Gasteiger partial charge on any atom is -0.384 e. The predicted molar refractivity (Wildman–Crippen MR) is 72.0 cm³/mol. The number of hydrogen-bond donors (Lipinski definition) is 1. The van der Waals surface area contributed by atoms with Crippen LogP contribution in [0.25, 0.3) is 0 Å². The first-order valence-electron chi connectivity index (χ1n) is 6.04. The quantitative estimate of drug-likeness (QED) is 0.900. The molecule has 4 heteroatoms. The second kappa shape index (κ2) is 5.23. The largest absolute Gasteiger partial charge is 0.384 e. The zero-order chi connectivity index (χ0) is 13.1. The van der Waals surface area contributed by atoms with Crippen molar-refractivity contribution < 1.29 is 4.74 Å². The number of nitrogens with zero attached hydrogens (tertiary/aromatic N) is 2. The fourth-order valence-electron chi connectivity index (χ4n) is 1.93. The van der Waals surface area contributed by atoms with E-state index in [2.05, 4.69) is 17.2 Å². The van der Waals surface area contributed by atoms with Crippen LogP contribution in [0.1, 0.15) is 29.8 Å². The van der Waals surface area contributed by atoms with Crippen LogP contribution in [0.4, 0.5) is 5.82 Å². The molecule has 0 aliphatic carbocycles. The lowest BCUT2D eigenvalue weighted by Crippen LogP contribution is -2.04. The molecule has 0 spiro atoms. The molecule has 18 heavy (non-hydrogen) atoms. The van der Waals surface area contributed by atoms with Gasteiger partial charge in [0.2, 0.25) is 0 Å². The van der Waals surface area contributed by atoms with Gasteiger partial charge in [-0.25, -0.2) is 0 Å². The van der Waals surface area contributed by atoms with Crippen molar-refractivity contribution in [3.8, 4) is 0 Å². The summed E-state index contributed by atoms with van der Waals surface area (Å²) >= 11 is 0. The van der Waals surface area contributed by atoms with E-state index >= 15 is 0 Å². The number of anilines is 1. The van der Waals surface area contributed by atoms with Crippen molar-refractivity contribution >= 4 is 5.82 Å². The Morgan fingerprint density at radius 2 is 2.00 bits per heavy atom. The van der Waals surface area contributed by atoms with Crippen LogP contribution >= 0.6 is 0 Å². The molecule has 1 unspecified atom stereocenters. The molecule has 96 valence electrons. The van der Waals surface area contributed by atoms with Gasteiger partial charge in [0, 0.05) is 12.6 Å². The average Bonchev–Trinajstić information content (AvgIpc) is 2.62. The van der Waals surface area contributed by atoms with Gasteiger partial charge < -0.3 is 10.5 Å². The molecule has 0 fully saturated rings. The van der Waals surface area contributed by atoms with E-state index in [1.807, 2.05) is 39.1 Å². The summed E-state index contributed by atoms with van der Waals surface area (Å²) < 4.78 is 7.54. The fraction of sp³-hybridized carbons (Fsp3) is 0.357. The van der Waals surface area contributed by atoms with Crippen molar-refractivity contribution in [1.82, 2.24) is 9.78 Å². The van der Waals surface area contributed by atoms with Gasteiger partial charge in [-0.2, -0.15) is 5.10 Å². The van der Waals surface area contributed by atoms with E-state index in [0.717, 1.165) is 16.8 Å². The van der Waals surface area contributed by atoms with Crippen molar-refractivity contribution in [2.75, 3.05) is 5.73 Å². The standard InChI is InChI=1S/C14H19N3O/c1-10-13(14(15)17(3)16-10)9-18-11(2)12-7-5-4-6-8-12/h4-8,11H,9,15H2,1-3H3. The lowest BCUT2D eigenvalue weighted by atomic mass is 10.1. The van der Waals surface area contributed by atoms with Crippen molar-refractivity contribution in [1.29, 1.82) is 0 Å². The summed E-state index contributed by atoms with van der Waals surface area (Å²) in [5.41, 5.74) is 9.01. The maximum absolute atomic E-state index is 5.95. The summed E-state index contributed by atoms with van der Waals surface area (Å²) in [5, 5.41) is 4.27. The number of benzene rings is 1. The summed E-state index contributed by atoms with van der Waals surface area (Å²) in [5.74, 6) is 0.674. The molecule has 0 saturated carbocycles. The molecule has 0 aliphatic rings. The Bertz CT molecular complexity index is 519. The Morgan fingerprint density at radius 1 is 1.33 bits per heavy atom. The Kier molecular flexibility index (Phi) is 3.67. The van der Waals surface area contributed by atoms with Crippen molar-refractivity contribution in [2.24, 2.45) is 7.05 Å². The molecular formula is C14H19N3O. The van der Waals surface area contributed by atoms with Gasteiger partial charge in [0.15, 0.2) is 0 Å². The average molecular weight is 245 g/mol. The fourth-order valence-corrected chi connectivity index (χ4v) is 1.93. The molecule has 1 heterocycles. The molecule has 0 amide bonds. The molecule has 1 atom stereocenters. The van der Waals surface area contributed by atoms with Crippen LogP contribution in [0.3, 0.4) is 0 Å². The number of aryl methyl sites for hydroxylation is 2. The second-order valence-electron chi connectivity index (χ2n) is 4.44. The van der Waals surface area contributed by atoms with Gasteiger partial charge in [0.1, 0.15) is 5.82 Å². The van der Waals surface area contributed by atoms with Gasteiger partial charge in [0.25, 0.3) is 0 Å². The van der Waals surface area contributed by atoms with E-state index < -0.39 is 0 Å². The van der Waals surface area contributed by atoms with Crippen LogP contribution in [0, 0.1) is 6.92 Å². The molecule has 4 nitrogen and oxygen atoms in total. The minimum atomic E-state index is 0.0465.